The second kappa shape index (κ2) is 16.9. The van der Waals surface area contributed by atoms with Gasteiger partial charge in [-0.2, -0.15) is 0 Å². The third-order valence-corrected chi connectivity index (χ3v) is 9.69. The highest BCUT2D eigenvalue weighted by atomic mass is 16.8. The Hall–Kier alpha value is -3.62. The van der Waals surface area contributed by atoms with Crippen LogP contribution < -0.4 is 14.2 Å². The number of phenols is 2. The summed E-state index contributed by atoms with van der Waals surface area (Å²) in [5.41, 5.74) is 0.265. The van der Waals surface area contributed by atoms with Gasteiger partial charge in [0.05, 0.1) is 32.5 Å². The van der Waals surface area contributed by atoms with Gasteiger partial charge in [0.15, 0.2) is 30.0 Å². The van der Waals surface area contributed by atoms with Gasteiger partial charge in [0.25, 0.3) is 0 Å². The van der Waals surface area contributed by atoms with E-state index in [0.717, 1.165) is 6.07 Å². The van der Waals surface area contributed by atoms with E-state index in [2.05, 4.69) is 0 Å². The molecule has 0 amide bonds. The highest BCUT2D eigenvalue weighted by Crippen LogP contribution is 2.47. The van der Waals surface area contributed by atoms with Crippen LogP contribution in [0.25, 0.3) is 6.08 Å². The normalized spacial score (nSPS) is 39.0. The Bertz CT molecular complexity index is 1650. The van der Waals surface area contributed by atoms with Crippen LogP contribution in [-0.4, -0.2) is 185 Å². The summed E-state index contributed by atoms with van der Waals surface area (Å²) in [4.78, 5) is 0. The number of methoxy groups -OCH3 is 1. The maximum atomic E-state index is 11.2. The van der Waals surface area contributed by atoms with Crippen molar-refractivity contribution >= 4 is 6.08 Å². The lowest BCUT2D eigenvalue weighted by Crippen LogP contribution is -2.64. The Labute approximate surface area is 311 Å². The first-order valence-electron chi connectivity index (χ1n) is 17.1. The number of ether oxygens (including phenoxy) is 8. The van der Waals surface area contributed by atoms with Gasteiger partial charge in [-0.05, 0) is 18.2 Å². The van der Waals surface area contributed by atoms with Crippen LogP contribution in [0.4, 0.5) is 0 Å². The van der Waals surface area contributed by atoms with Crippen LogP contribution in [0.3, 0.4) is 0 Å². The third-order valence-electron chi connectivity index (χ3n) is 9.69. The first-order valence-corrected chi connectivity index (χ1v) is 17.1. The average Bonchev–Trinajstić information content (AvgIpc) is 3.17. The number of rotatable bonds is 11. The van der Waals surface area contributed by atoms with Gasteiger partial charge >= 0.3 is 0 Å². The van der Waals surface area contributed by atoms with Crippen molar-refractivity contribution in [2.75, 3.05) is 26.9 Å². The minimum atomic E-state index is -1.95. The zero-order valence-electron chi connectivity index (χ0n) is 28.9. The van der Waals surface area contributed by atoms with Crippen LogP contribution in [0.1, 0.15) is 17.2 Å². The number of aromatic hydroxyl groups is 2. The van der Waals surface area contributed by atoms with Crippen molar-refractivity contribution in [3.63, 3.8) is 0 Å². The Morgan fingerprint density at radius 1 is 0.600 bits per heavy atom. The fourth-order valence-corrected chi connectivity index (χ4v) is 6.57. The largest absolute Gasteiger partial charge is 0.508 e. The number of phenolic OH excluding ortho intramolecular Hbond substituents is 2. The van der Waals surface area contributed by atoms with E-state index in [4.69, 9.17) is 37.9 Å². The smallest absolute Gasteiger partial charge is 0.229 e. The van der Waals surface area contributed by atoms with Gasteiger partial charge in [-0.15, -0.1) is 0 Å². The van der Waals surface area contributed by atoms with E-state index in [-0.39, 0.29) is 39.9 Å². The molecule has 4 aliphatic rings. The second-order valence-corrected chi connectivity index (χ2v) is 13.3. The number of aliphatic hydroxyl groups is 11. The Balaban J connectivity index is 1.41. The van der Waals surface area contributed by atoms with E-state index >= 15 is 0 Å². The molecule has 21 nitrogen and oxygen atoms in total. The van der Waals surface area contributed by atoms with Gasteiger partial charge in [-0.3, -0.25) is 0 Å². The molecule has 3 saturated heterocycles. The molecule has 0 aliphatic carbocycles. The second-order valence-electron chi connectivity index (χ2n) is 13.3. The summed E-state index contributed by atoms with van der Waals surface area (Å²) >= 11 is 0. The van der Waals surface area contributed by atoms with Crippen molar-refractivity contribution in [3.8, 4) is 28.7 Å². The molecule has 306 valence electrons. The van der Waals surface area contributed by atoms with Gasteiger partial charge in [0, 0.05) is 17.7 Å². The maximum Gasteiger partial charge on any atom is 0.229 e. The van der Waals surface area contributed by atoms with Gasteiger partial charge in [-0.25, -0.2) is 0 Å². The molecule has 13 N–H and O–H groups in total. The average molecular weight is 789 g/mol. The summed E-state index contributed by atoms with van der Waals surface area (Å²) in [6, 6.07) is 6.38. The standard InChI is InChI=1S/C34H44O21/c1-48-17-4-11(2-3-14(17)39)30-18(7-13-15(49-30)5-12(38)6-16(13)50-32-28(46)25(43)22(40)19(8-35)52-32)51-34-31(27(45)24(42)21(10-37)54-34)55-33-29(47)26(44)23(41)20(9-36)53-33/h2-7,19-47H,8-10H2,1H3. The van der Waals surface area contributed by atoms with Gasteiger partial charge in [-0.1, -0.05) is 6.07 Å². The quantitative estimate of drug-likeness (QED) is 0.102. The Morgan fingerprint density at radius 2 is 1.16 bits per heavy atom. The number of aliphatic hydroxyl groups excluding tert-OH is 11. The van der Waals surface area contributed by atoms with Gasteiger partial charge in [0.1, 0.15) is 90.2 Å². The maximum absolute atomic E-state index is 11.2. The molecule has 0 bridgehead atoms. The molecule has 16 unspecified atom stereocenters. The molecule has 0 spiro atoms. The number of hydrogen-bond acceptors (Lipinski definition) is 21. The van der Waals surface area contributed by atoms with E-state index in [9.17, 15) is 66.4 Å². The van der Waals surface area contributed by atoms with Crippen molar-refractivity contribution in [1.82, 2.24) is 0 Å². The van der Waals surface area contributed by atoms with E-state index in [1.807, 2.05) is 0 Å². The van der Waals surface area contributed by atoms with Crippen LogP contribution in [0.5, 0.6) is 28.7 Å². The Kier molecular flexibility index (Phi) is 12.6. The minimum Gasteiger partial charge on any atom is -0.508 e. The van der Waals surface area contributed by atoms with Crippen LogP contribution in [0.15, 0.2) is 36.1 Å². The molecular formula is C34H44O21. The van der Waals surface area contributed by atoms with E-state index < -0.39 is 124 Å². The first kappa shape index (κ1) is 41.0. The monoisotopic (exact) mass is 788 g/mol. The van der Waals surface area contributed by atoms with Gasteiger partial charge < -0.3 is 104 Å². The first-order chi connectivity index (χ1) is 26.2. The van der Waals surface area contributed by atoms with Gasteiger partial charge in [0.2, 0.25) is 12.6 Å². The molecule has 2 aromatic rings. The molecular weight excluding hydrogens is 744 g/mol. The van der Waals surface area contributed by atoms with Crippen LogP contribution in [0, 0.1) is 0 Å². The fraction of sp³-hybridized carbons (Fsp3) is 0.588. The lowest BCUT2D eigenvalue weighted by molar-refractivity contribution is -0.364. The number of benzene rings is 2. The van der Waals surface area contributed by atoms with Crippen molar-refractivity contribution in [1.29, 1.82) is 0 Å². The van der Waals surface area contributed by atoms with Crippen LogP contribution in [-0.2, 0) is 23.7 Å². The molecule has 4 heterocycles. The van der Waals surface area contributed by atoms with Crippen molar-refractivity contribution in [3.05, 3.63) is 47.2 Å². The molecule has 16 atom stereocenters. The summed E-state index contributed by atoms with van der Waals surface area (Å²) in [5, 5.41) is 135. The lowest BCUT2D eigenvalue weighted by atomic mass is 9.97. The van der Waals surface area contributed by atoms with Crippen LogP contribution >= 0.6 is 0 Å². The number of hydrogen-bond donors (Lipinski definition) is 13. The van der Waals surface area contributed by atoms with Crippen molar-refractivity contribution < 1.29 is 104 Å². The highest BCUT2D eigenvalue weighted by Gasteiger charge is 2.52. The molecule has 0 radical (unpaired) electrons. The SMILES string of the molecule is COc1cc(C2Oc3cc(O)cc(OC4OC(CO)C(O)C(O)C4O)c3C=C2OC2OC(CO)C(O)C(O)C2OC2OC(CO)C(O)C(O)C2O)ccc1O. The summed E-state index contributed by atoms with van der Waals surface area (Å²) in [6.45, 7) is -2.41. The molecule has 0 aromatic heterocycles. The summed E-state index contributed by atoms with van der Waals surface area (Å²) in [7, 11) is 1.29. The summed E-state index contributed by atoms with van der Waals surface area (Å²) < 4.78 is 46.2. The lowest BCUT2D eigenvalue weighted by Gasteiger charge is -2.46. The minimum absolute atomic E-state index is 0.00503. The van der Waals surface area contributed by atoms with E-state index in [0.29, 0.717) is 0 Å². The molecule has 55 heavy (non-hydrogen) atoms. The molecule has 21 heteroatoms. The molecule has 3 fully saturated rings. The van der Waals surface area contributed by atoms with E-state index in [1.165, 1.54) is 37.5 Å². The Morgan fingerprint density at radius 3 is 1.76 bits per heavy atom. The van der Waals surface area contributed by atoms with Crippen molar-refractivity contribution in [2.45, 2.75) is 98.2 Å². The summed E-state index contributed by atoms with van der Waals surface area (Å²) in [5.74, 6) is -1.16. The van der Waals surface area contributed by atoms with Crippen LogP contribution in [0.2, 0.25) is 0 Å². The van der Waals surface area contributed by atoms with E-state index in [1.54, 1.807) is 0 Å². The molecule has 4 aliphatic heterocycles. The van der Waals surface area contributed by atoms with Crippen molar-refractivity contribution in [2.24, 2.45) is 0 Å². The molecule has 0 saturated carbocycles. The summed E-state index contributed by atoms with van der Waals surface area (Å²) in [6.07, 6.45) is -26.1. The third kappa shape index (κ3) is 8.00. The fourth-order valence-electron chi connectivity index (χ4n) is 6.57. The number of fused-ring (bicyclic) bond motifs is 1. The molecule has 2 aromatic carbocycles. The predicted octanol–water partition coefficient (Wildman–Crippen LogP) is -4.60. The topological polar surface area (TPSA) is 337 Å². The predicted molar refractivity (Wildman–Crippen MR) is 176 cm³/mol. The molecule has 6 rings (SSSR count). The highest BCUT2D eigenvalue weighted by molar-refractivity contribution is 5.70. The zero-order chi connectivity index (χ0) is 39.9. The zero-order valence-corrected chi connectivity index (χ0v) is 28.9.